The average molecular weight is 395 g/mol. The van der Waals surface area contributed by atoms with E-state index < -0.39 is 0 Å². The molecule has 2 aliphatic heterocycles. The third-order valence-corrected chi connectivity index (χ3v) is 5.42. The number of morpholine rings is 1. The molecule has 1 atom stereocenters. The van der Waals surface area contributed by atoms with Crippen LogP contribution in [0, 0.1) is 5.92 Å². The number of halogens is 1. The van der Waals surface area contributed by atoms with E-state index in [0.717, 1.165) is 69.8 Å². The Morgan fingerprint density at radius 1 is 1.33 bits per heavy atom. The molecule has 1 unspecified atom stereocenters. The van der Waals surface area contributed by atoms with Crippen LogP contribution < -0.4 is 10.1 Å². The standard InChI is InChI=1S/C20H31ClN4O2/c1-3-22-20(23-13-17-4-5-18(21)12-19(17)26-2)25-7-6-16(15-25)14-24-8-10-27-11-9-24/h4-5,12,16H,3,6-11,13-15H2,1-2H3,(H,22,23). The van der Waals surface area contributed by atoms with Crippen LogP contribution >= 0.6 is 11.6 Å². The maximum atomic E-state index is 6.06. The van der Waals surface area contributed by atoms with Gasteiger partial charge in [-0.3, -0.25) is 4.90 Å². The summed E-state index contributed by atoms with van der Waals surface area (Å²) >= 11 is 6.06. The zero-order chi connectivity index (χ0) is 19.1. The van der Waals surface area contributed by atoms with Crippen molar-refractivity contribution in [2.45, 2.75) is 19.9 Å². The highest BCUT2D eigenvalue weighted by atomic mass is 35.5. The molecule has 0 amide bonds. The number of hydrogen-bond acceptors (Lipinski definition) is 4. The number of likely N-dealkylation sites (tertiary alicyclic amines) is 1. The molecule has 1 N–H and O–H groups in total. The molecule has 3 rings (SSSR count). The summed E-state index contributed by atoms with van der Waals surface area (Å²) in [6.07, 6.45) is 1.21. The van der Waals surface area contributed by atoms with Crippen LogP contribution in [-0.4, -0.2) is 75.4 Å². The number of aliphatic imine (C=N–C) groups is 1. The number of rotatable bonds is 6. The number of ether oxygens (including phenoxy) is 2. The number of benzene rings is 1. The lowest BCUT2D eigenvalue weighted by atomic mass is 10.1. The van der Waals surface area contributed by atoms with Gasteiger partial charge in [0.2, 0.25) is 0 Å². The van der Waals surface area contributed by atoms with E-state index in [9.17, 15) is 0 Å². The Labute approximate surface area is 167 Å². The summed E-state index contributed by atoms with van der Waals surface area (Å²) in [7, 11) is 1.67. The van der Waals surface area contributed by atoms with Crippen molar-refractivity contribution in [2.24, 2.45) is 10.9 Å². The van der Waals surface area contributed by atoms with Crippen LogP contribution in [0.2, 0.25) is 5.02 Å². The van der Waals surface area contributed by atoms with Gasteiger partial charge >= 0.3 is 0 Å². The molecule has 2 aliphatic rings. The molecule has 0 spiro atoms. The molecule has 27 heavy (non-hydrogen) atoms. The monoisotopic (exact) mass is 394 g/mol. The summed E-state index contributed by atoms with van der Waals surface area (Å²) in [5.74, 6) is 2.46. The van der Waals surface area contributed by atoms with Gasteiger partial charge in [-0.05, 0) is 31.4 Å². The minimum atomic E-state index is 0.577. The Hall–Kier alpha value is -1.50. The molecule has 0 bridgehead atoms. The number of nitrogens with zero attached hydrogens (tertiary/aromatic N) is 3. The number of methoxy groups -OCH3 is 1. The van der Waals surface area contributed by atoms with Crippen molar-refractivity contribution >= 4 is 17.6 Å². The van der Waals surface area contributed by atoms with E-state index in [1.807, 2.05) is 18.2 Å². The first-order chi connectivity index (χ1) is 13.2. The average Bonchev–Trinajstić information content (AvgIpc) is 3.15. The van der Waals surface area contributed by atoms with E-state index in [-0.39, 0.29) is 0 Å². The largest absolute Gasteiger partial charge is 0.496 e. The van der Waals surface area contributed by atoms with Crippen molar-refractivity contribution in [1.82, 2.24) is 15.1 Å². The molecule has 1 aromatic carbocycles. The minimum absolute atomic E-state index is 0.577. The van der Waals surface area contributed by atoms with E-state index in [4.69, 9.17) is 26.1 Å². The molecule has 0 radical (unpaired) electrons. The lowest BCUT2D eigenvalue weighted by molar-refractivity contribution is 0.0315. The first-order valence-corrected chi connectivity index (χ1v) is 10.2. The van der Waals surface area contributed by atoms with Gasteiger partial charge < -0.3 is 19.7 Å². The van der Waals surface area contributed by atoms with Crippen LogP contribution in [0.4, 0.5) is 0 Å². The van der Waals surface area contributed by atoms with Gasteiger partial charge in [-0.25, -0.2) is 4.99 Å². The van der Waals surface area contributed by atoms with Crippen molar-refractivity contribution in [3.8, 4) is 5.75 Å². The van der Waals surface area contributed by atoms with Crippen molar-refractivity contribution in [1.29, 1.82) is 0 Å². The molecule has 2 fully saturated rings. The molecule has 0 saturated carbocycles. The normalized spacial score (nSPS) is 21.5. The van der Waals surface area contributed by atoms with Crippen molar-refractivity contribution in [3.63, 3.8) is 0 Å². The molecule has 2 saturated heterocycles. The predicted molar refractivity (Wildman–Crippen MR) is 110 cm³/mol. The lowest BCUT2D eigenvalue weighted by Gasteiger charge is -2.29. The third kappa shape index (κ3) is 5.74. The Kier molecular flexibility index (Phi) is 7.61. The fraction of sp³-hybridized carbons (Fsp3) is 0.650. The molecule has 6 nitrogen and oxygen atoms in total. The molecular formula is C20H31ClN4O2. The van der Waals surface area contributed by atoms with E-state index >= 15 is 0 Å². The minimum Gasteiger partial charge on any atom is -0.496 e. The molecular weight excluding hydrogens is 364 g/mol. The highest BCUT2D eigenvalue weighted by Gasteiger charge is 2.27. The van der Waals surface area contributed by atoms with Gasteiger partial charge in [-0.2, -0.15) is 0 Å². The van der Waals surface area contributed by atoms with Crippen molar-refractivity contribution in [3.05, 3.63) is 28.8 Å². The SMILES string of the molecule is CCNC(=NCc1ccc(Cl)cc1OC)N1CCC(CN2CCOCC2)C1. The van der Waals surface area contributed by atoms with Gasteiger partial charge in [0.1, 0.15) is 5.75 Å². The Bertz CT molecular complexity index is 634. The zero-order valence-corrected chi connectivity index (χ0v) is 17.2. The summed E-state index contributed by atoms with van der Waals surface area (Å²) in [6.45, 7) is 10.7. The smallest absolute Gasteiger partial charge is 0.194 e. The van der Waals surface area contributed by atoms with Crippen LogP contribution in [0.25, 0.3) is 0 Å². The lowest BCUT2D eigenvalue weighted by Crippen LogP contribution is -2.42. The van der Waals surface area contributed by atoms with E-state index in [0.29, 0.717) is 17.5 Å². The van der Waals surface area contributed by atoms with E-state index in [1.165, 1.54) is 6.42 Å². The van der Waals surface area contributed by atoms with E-state index in [1.54, 1.807) is 7.11 Å². The summed E-state index contributed by atoms with van der Waals surface area (Å²) < 4.78 is 10.9. The van der Waals surface area contributed by atoms with Crippen LogP contribution in [-0.2, 0) is 11.3 Å². The number of guanidine groups is 1. The topological polar surface area (TPSA) is 49.3 Å². The van der Waals surface area contributed by atoms with Crippen LogP contribution in [0.15, 0.2) is 23.2 Å². The third-order valence-electron chi connectivity index (χ3n) is 5.19. The highest BCUT2D eigenvalue weighted by molar-refractivity contribution is 6.30. The summed E-state index contributed by atoms with van der Waals surface area (Å²) in [4.78, 5) is 9.77. The Morgan fingerprint density at radius 2 is 2.15 bits per heavy atom. The zero-order valence-electron chi connectivity index (χ0n) is 16.4. The van der Waals surface area contributed by atoms with Gasteiger partial charge in [-0.1, -0.05) is 17.7 Å². The fourth-order valence-corrected chi connectivity index (χ4v) is 3.92. The first kappa shape index (κ1) is 20.2. The maximum Gasteiger partial charge on any atom is 0.194 e. The maximum absolute atomic E-state index is 6.06. The highest BCUT2D eigenvalue weighted by Crippen LogP contribution is 2.24. The second-order valence-corrected chi connectivity index (χ2v) is 7.58. The second-order valence-electron chi connectivity index (χ2n) is 7.14. The summed E-state index contributed by atoms with van der Waals surface area (Å²) in [5.41, 5.74) is 1.04. The first-order valence-electron chi connectivity index (χ1n) is 9.85. The van der Waals surface area contributed by atoms with Crippen molar-refractivity contribution in [2.75, 3.05) is 59.6 Å². The van der Waals surface area contributed by atoms with Gasteiger partial charge in [0, 0.05) is 49.9 Å². The Balaban J connectivity index is 1.60. The quantitative estimate of drug-likeness (QED) is 0.593. The number of hydrogen-bond donors (Lipinski definition) is 1. The van der Waals surface area contributed by atoms with Gasteiger partial charge in [0.25, 0.3) is 0 Å². The number of nitrogens with one attached hydrogen (secondary N) is 1. The molecule has 150 valence electrons. The molecule has 2 heterocycles. The molecule has 7 heteroatoms. The summed E-state index contributed by atoms with van der Waals surface area (Å²) in [5, 5.41) is 4.12. The van der Waals surface area contributed by atoms with E-state index in [2.05, 4.69) is 22.0 Å². The van der Waals surface area contributed by atoms with Crippen LogP contribution in [0.3, 0.4) is 0 Å². The Morgan fingerprint density at radius 3 is 2.89 bits per heavy atom. The summed E-state index contributed by atoms with van der Waals surface area (Å²) in [6, 6.07) is 5.71. The van der Waals surface area contributed by atoms with Gasteiger partial charge in [0.05, 0.1) is 26.9 Å². The van der Waals surface area contributed by atoms with Crippen molar-refractivity contribution < 1.29 is 9.47 Å². The molecule has 1 aromatic rings. The van der Waals surface area contributed by atoms with Gasteiger partial charge in [-0.15, -0.1) is 0 Å². The molecule has 0 aliphatic carbocycles. The second kappa shape index (κ2) is 10.2. The van der Waals surface area contributed by atoms with Crippen LogP contribution in [0.5, 0.6) is 5.75 Å². The van der Waals surface area contributed by atoms with Gasteiger partial charge in [0.15, 0.2) is 5.96 Å². The fourth-order valence-electron chi connectivity index (χ4n) is 3.76. The predicted octanol–water partition coefficient (Wildman–Crippen LogP) is 2.47. The van der Waals surface area contributed by atoms with Crippen LogP contribution in [0.1, 0.15) is 18.9 Å². The molecule has 0 aromatic heterocycles.